The number of pyridine rings is 1. The van der Waals surface area contributed by atoms with E-state index in [-0.39, 0.29) is 0 Å². The SMILES string of the molecule is CCNc1nc(-c2cn3ccccc3n2)nc(CC)c1C. The molecular formula is C16H19N5. The van der Waals surface area contributed by atoms with Crippen molar-refractivity contribution in [3.63, 3.8) is 0 Å². The molecule has 3 aromatic heterocycles. The van der Waals surface area contributed by atoms with Gasteiger partial charge in [-0.2, -0.15) is 0 Å². The van der Waals surface area contributed by atoms with Crippen LogP contribution in [0.2, 0.25) is 0 Å². The number of anilines is 1. The molecular weight excluding hydrogens is 262 g/mol. The second-order valence-electron chi connectivity index (χ2n) is 4.94. The van der Waals surface area contributed by atoms with E-state index in [1.807, 2.05) is 35.0 Å². The molecule has 3 aromatic rings. The van der Waals surface area contributed by atoms with Gasteiger partial charge in [0.2, 0.25) is 0 Å². The molecule has 0 radical (unpaired) electrons. The van der Waals surface area contributed by atoms with Crippen LogP contribution in [-0.4, -0.2) is 25.9 Å². The summed E-state index contributed by atoms with van der Waals surface area (Å²) in [5.41, 5.74) is 3.88. The summed E-state index contributed by atoms with van der Waals surface area (Å²) in [5.74, 6) is 1.58. The lowest BCUT2D eigenvalue weighted by molar-refractivity contribution is 0.967. The van der Waals surface area contributed by atoms with E-state index in [0.29, 0.717) is 5.82 Å². The summed E-state index contributed by atoms with van der Waals surface area (Å²) in [7, 11) is 0. The molecule has 0 aliphatic carbocycles. The second-order valence-corrected chi connectivity index (χ2v) is 4.94. The van der Waals surface area contributed by atoms with Crippen molar-refractivity contribution >= 4 is 11.5 Å². The number of aryl methyl sites for hydroxylation is 1. The van der Waals surface area contributed by atoms with Gasteiger partial charge in [-0.3, -0.25) is 0 Å². The molecule has 0 saturated carbocycles. The Labute approximate surface area is 124 Å². The van der Waals surface area contributed by atoms with Crippen molar-refractivity contribution in [2.45, 2.75) is 27.2 Å². The monoisotopic (exact) mass is 281 g/mol. The van der Waals surface area contributed by atoms with Gasteiger partial charge in [0.15, 0.2) is 5.82 Å². The van der Waals surface area contributed by atoms with Gasteiger partial charge in [0, 0.05) is 30.2 Å². The minimum atomic E-state index is 0.678. The third-order valence-corrected chi connectivity index (χ3v) is 3.52. The van der Waals surface area contributed by atoms with Crippen molar-refractivity contribution in [3.05, 3.63) is 41.9 Å². The number of rotatable bonds is 4. The number of imidazole rings is 1. The average Bonchev–Trinajstić information content (AvgIpc) is 2.93. The van der Waals surface area contributed by atoms with Gasteiger partial charge >= 0.3 is 0 Å². The lowest BCUT2D eigenvalue weighted by Crippen LogP contribution is -2.07. The number of hydrogen-bond donors (Lipinski definition) is 1. The zero-order chi connectivity index (χ0) is 14.8. The first-order chi connectivity index (χ1) is 10.2. The highest BCUT2D eigenvalue weighted by Gasteiger charge is 2.13. The van der Waals surface area contributed by atoms with Crippen LogP contribution in [0.4, 0.5) is 5.82 Å². The Morgan fingerprint density at radius 2 is 2.00 bits per heavy atom. The van der Waals surface area contributed by atoms with Crippen LogP contribution >= 0.6 is 0 Å². The highest BCUT2D eigenvalue weighted by molar-refractivity contribution is 5.59. The molecule has 108 valence electrons. The Morgan fingerprint density at radius 3 is 2.71 bits per heavy atom. The van der Waals surface area contributed by atoms with Gasteiger partial charge in [-0.05, 0) is 32.4 Å². The van der Waals surface area contributed by atoms with E-state index in [1.165, 1.54) is 0 Å². The van der Waals surface area contributed by atoms with Crippen LogP contribution < -0.4 is 5.32 Å². The fraction of sp³-hybridized carbons (Fsp3) is 0.312. The third-order valence-electron chi connectivity index (χ3n) is 3.52. The van der Waals surface area contributed by atoms with Crippen molar-refractivity contribution in [2.24, 2.45) is 0 Å². The topological polar surface area (TPSA) is 55.1 Å². The molecule has 3 heterocycles. The van der Waals surface area contributed by atoms with Crippen LogP contribution in [0.5, 0.6) is 0 Å². The summed E-state index contributed by atoms with van der Waals surface area (Å²) in [6, 6.07) is 5.93. The zero-order valence-corrected chi connectivity index (χ0v) is 12.6. The van der Waals surface area contributed by atoms with Gasteiger partial charge in [0.05, 0.1) is 0 Å². The van der Waals surface area contributed by atoms with E-state index in [0.717, 1.165) is 41.4 Å². The van der Waals surface area contributed by atoms with Crippen LogP contribution in [0.3, 0.4) is 0 Å². The average molecular weight is 281 g/mol. The zero-order valence-electron chi connectivity index (χ0n) is 12.6. The van der Waals surface area contributed by atoms with Gasteiger partial charge in [-0.1, -0.05) is 13.0 Å². The summed E-state index contributed by atoms with van der Waals surface area (Å²) < 4.78 is 1.98. The Kier molecular flexibility index (Phi) is 3.56. The minimum Gasteiger partial charge on any atom is -0.370 e. The third kappa shape index (κ3) is 2.46. The highest BCUT2D eigenvalue weighted by atomic mass is 15.1. The number of nitrogens with one attached hydrogen (secondary N) is 1. The normalized spacial score (nSPS) is 11.0. The molecule has 0 amide bonds. The van der Waals surface area contributed by atoms with Crippen LogP contribution in [-0.2, 0) is 6.42 Å². The molecule has 0 spiro atoms. The Morgan fingerprint density at radius 1 is 1.14 bits per heavy atom. The maximum absolute atomic E-state index is 4.67. The van der Waals surface area contributed by atoms with Crippen LogP contribution in [0.1, 0.15) is 25.1 Å². The molecule has 0 fully saturated rings. The first-order valence-corrected chi connectivity index (χ1v) is 7.28. The van der Waals surface area contributed by atoms with Gasteiger partial charge in [0.25, 0.3) is 0 Å². The highest BCUT2D eigenvalue weighted by Crippen LogP contribution is 2.22. The summed E-state index contributed by atoms with van der Waals surface area (Å²) in [4.78, 5) is 13.9. The standard InChI is InChI=1S/C16H19N5/c1-4-12-11(3)15(17-5-2)20-16(19-12)13-10-21-9-7-6-8-14(21)18-13/h6-10H,4-5H2,1-3H3,(H,17,19,20). The van der Waals surface area contributed by atoms with Gasteiger partial charge in [-0.25, -0.2) is 15.0 Å². The van der Waals surface area contributed by atoms with Crippen molar-refractivity contribution in [1.29, 1.82) is 0 Å². The predicted octanol–water partition coefficient (Wildman–Crippen LogP) is 3.09. The van der Waals surface area contributed by atoms with Crippen molar-refractivity contribution < 1.29 is 0 Å². The number of aromatic nitrogens is 4. The molecule has 0 unspecified atom stereocenters. The minimum absolute atomic E-state index is 0.678. The molecule has 0 saturated heterocycles. The fourth-order valence-corrected chi connectivity index (χ4v) is 2.40. The summed E-state index contributed by atoms with van der Waals surface area (Å²) >= 11 is 0. The van der Waals surface area contributed by atoms with Crippen molar-refractivity contribution in [3.8, 4) is 11.5 Å². The number of fused-ring (bicyclic) bond motifs is 1. The van der Waals surface area contributed by atoms with Gasteiger partial charge in [0.1, 0.15) is 17.2 Å². The summed E-state index contributed by atoms with van der Waals surface area (Å²) in [5, 5.41) is 3.31. The molecule has 21 heavy (non-hydrogen) atoms. The lowest BCUT2D eigenvalue weighted by Gasteiger charge is -2.11. The maximum atomic E-state index is 4.67. The maximum Gasteiger partial charge on any atom is 0.182 e. The Hall–Kier alpha value is -2.43. The van der Waals surface area contributed by atoms with E-state index in [4.69, 9.17) is 0 Å². The molecule has 0 atom stereocenters. The molecule has 0 bridgehead atoms. The Bertz CT molecular complexity index is 742. The van der Waals surface area contributed by atoms with Gasteiger partial charge in [-0.15, -0.1) is 0 Å². The molecule has 5 nitrogen and oxygen atoms in total. The van der Waals surface area contributed by atoms with E-state index < -0.39 is 0 Å². The summed E-state index contributed by atoms with van der Waals surface area (Å²) in [6.45, 7) is 7.08. The molecule has 0 aliphatic heterocycles. The lowest BCUT2D eigenvalue weighted by atomic mass is 10.2. The molecule has 1 N–H and O–H groups in total. The first kappa shape index (κ1) is 13.5. The quantitative estimate of drug-likeness (QED) is 0.798. The largest absolute Gasteiger partial charge is 0.370 e. The summed E-state index contributed by atoms with van der Waals surface area (Å²) in [6.07, 6.45) is 4.83. The first-order valence-electron chi connectivity index (χ1n) is 7.28. The number of nitrogens with zero attached hydrogens (tertiary/aromatic N) is 4. The van der Waals surface area contributed by atoms with E-state index in [9.17, 15) is 0 Å². The van der Waals surface area contributed by atoms with Crippen molar-refractivity contribution in [2.75, 3.05) is 11.9 Å². The van der Waals surface area contributed by atoms with Crippen LogP contribution in [0.25, 0.3) is 17.2 Å². The molecule has 0 aromatic carbocycles. The smallest absolute Gasteiger partial charge is 0.182 e. The Balaban J connectivity index is 2.14. The molecule has 5 heteroatoms. The van der Waals surface area contributed by atoms with Crippen LogP contribution in [0, 0.1) is 6.92 Å². The second kappa shape index (κ2) is 5.52. The van der Waals surface area contributed by atoms with E-state index >= 15 is 0 Å². The van der Waals surface area contributed by atoms with E-state index in [2.05, 4.69) is 41.0 Å². The van der Waals surface area contributed by atoms with E-state index in [1.54, 1.807) is 0 Å². The fourth-order valence-electron chi connectivity index (χ4n) is 2.40. The van der Waals surface area contributed by atoms with Crippen molar-refractivity contribution in [1.82, 2.24) is 19.4 Å². The number of hydrogen-bond acceptors (Lipinski definition) is 4. The molecule has 0 aliphatic rings. The van der Waals surface area contributed by atoms with Crippen LogP contribution in [0.15, 0.2) is 30.6 Å². The molecule has 3 rings (SSSR count). The van der Waals surface area contributed by atoms with Gasteiger partial charge < -0.3 is 9.72 Å². The predicted molar refractivity (Wildman–Crippen MR) is 84.5 cm³/mol.